The van der Waals surface area contributed by atoms with Gasteiger partial charge in [0, 0.05) is 0 Å². The second kappa shape index (κ2) is 5.18. The number of aliphatic hydroxyl groups is 1. The van der Waals surface area contributed by atoms with E-state index in [1.165, 1.54) is 12.1 Å². The lowest BCUT2D eigenvalue weighted by atomic mass is 9.79. The molecule has 100 valence electrons. The van der Waals surface area contributed by atoms with Gasteiger partial charge < -0.3 is 9.84 Å². The highest BCUT2D eigenvalue weighted by Gasteiger charge is 2.31. The first kappa shape index (κ1) is 13.2. The molecule has 1 unspecified atom stereocenters. The van der Waals surface area contributed by atoms with Gasteiger partial charge in [-0.3, -0.25) is 0 Å². The van der Waals surface area contributed by atoms with E-state index >= 15 is 0 Å². The molecule has 18 heavy (non-hydrogen) atoms. The van der Waals surface area contributed by atoms with Gasteiger partial charge in [-0.2, -0.15) is 0 Å². The Balaban J connectivity index is 1.90. The Labute approximate surface area is 103 Å². The quantitative estimate of drug-likeness (QED) is 0.900. The zero-order chi connectivity index (χ0) is 13.2. The Kier molecular flexibility index (Phi) is 3.80. The van der Waals surface area contributed by atoms with Crippen LogP contribution >= 0.6 is 0 Å². The Bertz CT molecular complexity index is 382. The van der Waals surface area contributed by atoms with Crippen LogP contribution in [0.25, 0.3) is 0 Å². The van der Waals surface area contributed by atoms with Crippen LogP contribution in [0.5, 0.6) is 5.75 Å². The van der Waals surface area contributed by atoms with E-state index in [4.69, 9.17) is 0 Å². The van der Waals surface area contributed by atoms with Crippen molar-refractivity contribution in [1.29, 1.82) is 0 Å². The number of aliphatic hydroxyl groups excluding tert-OH is 1. The highest BCUT2D eigenvalue weighted by atomic mass is 19.4. The van der Waals surface area contributed by atoms with Gasteiger partial charge >= 0.3 is 6.36 Å². The Morgan fingerprint density at radius 3 is 2.28 bits per heavy atom. The average Bonchev–Trinajstić information content (AvgIpc) is 2.16. The van der Waals surface area contributed by atoms with Crippen molar-refractivity contribution >= 4 is 0 Å². The van der Waals surface area contributed by atoms with Crippen LogP contribution in [0.4, 0.5) is 13.2 Å². The summed E-state index contributed by atoms with van der Waals surface area (Å²) in [5.74, 6) is 0.112. The zero-order valence-electron chi connectivity index (χ0n) is 9.78. The van der Waals surface area contributed by atoms with Gasteiger partial charge in [0.1, 0.15) is 5.75 Å². The molecule has 0 radical (unpaired) electrons. The minimum atomic E-state index is -4.66. The molecule has 0 spiro atoms. The van der Waals surface area contributed by atoms with E-state index in [9.17, 15) is 18.3 Å². The third-order valence-electron chi connectivity index (χ3n) is 3.30. The minimum absolute atomic E-state index is 0.232. The van der Waals surface area contributed by atoms with Gasteiger partial charge in [-0.15, -0.1) is 13.2 Å². The Morgan fingerprint density at radius 1 is 1.22 bits per heavy atom. The first-order chi connectivity index (χ1) is 8.44. The summed E-state index contributed by atoms with van der Waals surface area (Å²) in [5, 5.41) is 9.87. The van der Waals surface area contributed by atoms with Crippen molar-refractivity contribution in [2.45, 2.75) is 38.1 Å². The molecule has 0 bridgehead atoms. The van der Waals surface area contributed by atoms with Crippen molar-refractivity contribution in [3.63, 3.8) is 0 Å². The molecule has 1 aromatic carbocycles. The molecule has 1 aliphatic carbocycles. The first-order valence-electron chi connectivity index (χ1n) is 5.97. The van der Waals surface area contributed by atoms with Gasteiger partial charge in [-0.1, -0.05) is 18.6 Å². The van der Waals surface area contributed by atoms with Crippen LogP contribution in [-0.2, 0) is 6.42 Å². The van der Waals surface area contributed by atoms with Gasteiger partial charge in [0.2, 0.25) is 0 Å². The molecule has 5 heteroatoms. The number of halogens is 3. The number of ether oxygens (including phenoxy) is 1. The van der Waals surface area contributed by atoms with Crippen molar-refractivity contribution in [2.75, 3.05) is 0 Å². The molecule has 1 N–H and O–H groups in total. The summed E-state index contributed by atoms with van der Waals surface area (Å²) < 4.78 is 39.6. The van der Waals surface area contributed by atoms with E-state index in [1.807, 2.05) is 0 Å². The predicted molar refractivity (Wildman–Crippen MR) is 60.2 cm³/mol. The summed E-state index contributed by atoms with van der Waals surface area (Å²) in [6.07, 6.45) is -1.34. The normalized spacial score (nSPS) is 18.2. The summed E-state index contributed by atoms with van der Waals surface area (Å²) in [6.45, 7) is 0. The predicted octanol–water partition coefficient (Wildman–Crippen LogP) is 3.29. The summed E-state index contributed by atoms with van der Waals surface area (Å²) in [5.41, 5.74) is 0.823. The molecule has 1 fully saturated rings. The fourth-order valence-electron chi connectivity index (χ4n) is 2.06. The van der Waals surface area contributed by atoms with E-state index in [2.05, 4.69) is 4.74 Å². The summed E-state index contributed by atoms with van der Waals surface area (Å²) in [7, 11) is 0. The van der Waals surface area contributed by atoms with Crippen LogP contribution in [0, 0.1) is 5.92 Å². The third-order valence-corrected chi connectivity index (χ3v) is 3.30. The highest BCUT2D eigenvalue weighted by Crippen LogP contribution is 2.31. The lowest BCUT2D eigenvalue weighted by molar-refractivity contribution is -0.274. The van der Waals surface area contributed by atoms with Crippen molar-refractivity contribution in [1.82, 2.24) is 0 Å². The molecule has 1 aromatic rings. The van der Waals surface area contributed by atoms with E-state index in [0.29, 0.717) is 12.3 Å². The molecule has 1 saturated carbocycles. The maximum atomic E-state index is 11.9. The highest BCUT2D eigenvalue weighted by molar-refractivity contribution is 5.27. The number of rotatable bonds is 4. The fourth-order valence-corrected chi connectivity index (χ4v) is 2.06. The van der Waals surface area contributed by atoms with Gasteiger partial charge in [-0.25, -0.2) is 0 Å². The van der Waals surface area contributed by atoms with Crippen molar-refractivity contribution < 1.29 is 23.0 Å². The van der Waals surface area contributed by atoms with Gasteiger partial charge in [-0.05, 0) is 42.9 Å². The molecule has 2 rings (SSSR count). The summed E-state index contributed by atoms with van der Waals surface area (Å²) in [4.78, 5) is 0. The Morgan fingerprint density at radius 2 is 1.83 bits per heavy atom. The van der Waals surface area contributed by atoms with E-state index in [1.54, 1.807) is 12.1 Å². The fraction of sp³-hybridized carbons (Fsp3) is 0.538. The van der Waals surface area contributed by atoms with Gasteiger partial charge in [0.15, 0.2) is 0 Å². The third kappa shape index (κ3) is 3.63. The van der Waals surface area contributed by atoms with Crippen LogP contribution in [0.1, 0.15) is 24.8 Å². The first-order valence-corrected chi connectivity index (χ1v) is 5.97. The Hall–Kier alpha value is -1.23. The smallest absolute Gasteiger partial charge is 0.406 e. The molecule has 0 heterocycles. The molecule has 0 aliphatic heterocycles. The standard InChI is InChI=1S/C13H15F3O2/c14-13(15,16)18-11-6-4-9(5-7-11)8-12(17)10-2-1-3-10/h4-7,10,12,17H,1-3,8H2. The monoisotopic (exact) mass is 260 g/mol. The molecule has 0 amide bonds. The molecule has 0 aromatic heterocycles. The summed E-state index contributed by atoms with van der Waals surface area (Å²) in [6, 6.07) is 5.67. The number of alkyl halides is 3. The van der Waals surface area contributed by atoms with E-state index < -0.39 is 12.5 Å². The molecule has 2 nitrogen and oxygen atoms in total. The van der Waals surface area contributed by atoms with Gasteiger partial charge in [0.25, 0.3) is 0 Å². The summed E-state index contributed by atoms with van der Waals surface area (Å²) >= 11 is 0. The van der Waals surface area contributed by atoms with Crippen LogP contribution in [-0.4, -0.2) is 17.6 Å². The molecule has 1 atom stereocenters. The van der Waals surface area contributed by atoms with Crippen molar-refractivity contribution in [3.05, 3.63) is 29.8 Å². The van der Waals surface area contributed by atoms with Crippen LogP contribution in [0.2, 0.25) is 0 Å². The number of hydrogen-bond acceptors (Lipinski definition) is 2. The van der Waals surface area contributed by atoms with Crippen molar-refractivity contribution in [3.8, 4) is 5.75 Å². The largest absolute Gasteiger partial charge is 0.573 e. The van der Waals surface area contributed by atoms with Crippen LogP contribution < -0.4 is 4.74 Å². The lowest BCUT2D eigenvalue weighted by Gasteiger charge is -2.30. The molecular formula is C13H15F3O2. The topological polar surface area (TPSA) is 29.5 Å². The van der Waals surface area contributed by atoms with E-state index in [-0.39, 0.29) is 5.75 Å². The van der Waals surface area contributed by atoms with Crippen LogP contribution in [0.3, 0.4) is 0 Å². The van der Waals surface area contributed by atoms with Crippen LogP contribution in [0.15, 0.2) is 24.3 Å². The number of benzene rings is 1. The minimum Gasteiger partial charge on any atom is -0.406 e. The molecule has 0 saturated heterocycles. The second-order valence-corrected chi connectivity index (χ2v) is 4.65. The lowest BCUT2D eigenvalue weighted by Crippen LogP contribution is -2.28. The van der Waals surface area contributed by atoms with Gasteiger partial charge in [0.05, 0.1) is 6.10 Å². The van der Waals surface area contributed by atoms with E-state index in [0.717, 1.165) is 24.8 Å². The maximum Gasteiger partial charge on any atom is 0.573 e. The molecule has 1 aliphatic rings. The second-order valence-electron chi connectivity index (χ2n) is 4.65. The van der Waals surface area contributed by atoms with Crippen molar-refractivity contribution in [2.24, 2.45) is 5.92 Å². The zero-order valence-corrected chi connectivity index (χ0v) is 9.78. The number of hydrogen-bond donors (Lipinski definition) is 1. The average molecular weight is 260 g/mol. The SMILES string of the molecule is OC(Cc1ccc(OC(F)(F)F)cc1)C1CCC1. The molecular weight excluding hydrogens is 245 g/mol. The maximum absolute atomic E-state index is 11.9.